The van der Waals surface area contributed by atoms with Gasteiger partial charge in [-0.1, -0.05) is 56.3 Å². The van der Waals surface area contributed by atoms with Crippen LogP contribution >= 0.6 is 19.1 Å². The molecule has 5 nitrogen and oxygen atoms in total. The molecule has 0 saturated heterocycles. The quantitative estimate of drug-likeness (QED) is 0.530. The summed E-state index contributed by atoms with van der Waals surface area (Å²) in [5.74, 6) is -1.11. The number of aromatic nitrogens is 1. The summed E-state index contributed by atoms with van der Waals surface area (Å²) in [4.78, 5) is 26.2. The van der Waals surface area contributed by atoms with Gasteiger partial charge in [-0.25, -0.2) is 4.98 Å². The fourth-order valence-corrected chi connectivity index (χ4v) is 5.71. The summed E-state index contributed by atoms with van der Waals surface area (Å²) in [7, 11) is -3.83. The third kappa shape index (κ3) is 4.82. The number of aliphatic carboxylic acids is 1. The highest BCUT2D eigenvalue weighted by molar-refractivity contribution is 8.05. The summed E-state index contributed by atoms with van der Waals surface area (Å²) in [6.07, 6.45) is 0.995. The van der Waals surface area contributed by atoms with Crippen molar-refractivity contribution >= 4 is 36.0 Å². The first-order chi connectivity index (χ1) is 11.3. The lowest BCUT2D eigenvalue weighted by atomic mass is 10.0. The van der Waals surface area contributed by atoms with Gasteiger partial charge in [-0.15, -0.1) is 0 Å². The summed E-state index contributed by atoms with van der Waals surface area (Å²) in [6, 6.07) is 11.3. The molecule has 2 aromatic rings. The minimum absolute atomic E-state index is 0.0929. The van der Waals surface area contributed by atoms with Crippen LogP contribution in [0.1, 0.15) is 26.7 Å². The van der Waals surface area contributed by atoms with Crippen molar-refractivity contribution in [1.29, 1.82) is 0 Å². The largest absolute Gasteiger partial charge is 0.481 e. The van der Waals surface area contributed by atoms with E-state index in [1.54, 1.807) is 6.07 Å². The van der Waals surface area contributed by atoms with E-state index in [0.717, 1.165) is 29.1 Å². The molecule has 2 N–H and O–H groups in total. The van der Waals surface area contributed by atoms with E-state index in [9.17, 15) is 19.4 Å². The van der Waals surface area contributed by atoms with E-state index >= 15 is 0 Å². The van der Waals surface area contributed by atoms with E-state index in [0.29, 0.717) is 5.03 Å². The molecule has 0 aliphatic rings. The van der Waals surface area contributed by atoms with Crippen LogP contribution in [0, 0.1) is 5.92 Å². The van der Waals surface area contributed by atoms with Gasteiger partial charge in [0.15, 0.2) is 0 Å². The maximum absolute atomic E-state index is 12.6. The second-order valence-corrected chi connectivity index (χ2v) is 9.85. The van der Waals surface area contributed by atoms with Gasteiger partial charge in [0.25, 0.3) is 0 Å². The van der Waals surface area contributed by atoms with E-state index in [1.165, 1.54) is 0 Å². The molecule has 1 heterocycles. The number of hydrogen-bond donors (Lipinski definition) is 2. The van der Waals surface area contributed by atoms with Crippen molar-refractivity contribution in [2.24, 2.45) is 5.92 Å². The van der Waals surface area contributed by atoms with Crippen molar-refractivity contribution in [1.82, 2.24) is 4.98 Å². The van der Waals surface area contributed by atoms with Crippen molar-refractivity contribution in [3.05, 3.63) is 36.4 Å². The number of carboxylic acid groups (broad SMARTS) is 1. The molecule has 1 aromatic heterocycles. The molecule has 2 rings (SSSR count). The number of carbonyl (C=O) groups is 1. The van der Waals surface area contributed by atoms with Crippen LogP contribution in [-0.4, -0.2) is 32.1 Å². The van der Waals surface area contributed by atoms with Crippen molar-refractivity contribution < 1.29 is 19.4 Å². The Morgan fingerprint density at radius 2 is 2.00 bits per heavy atom. The Kier molecular flexibility index (Phi) is 6.44. The molecule has 0 spiro atoms. The lowest BCUT2D eigenvalue weighted by Crippen LogP contribution is -2.23. The Bertz CT molecular complexity index is 767. The SMILES string of the molecule is CCC(C)CC(C(=O)O)P(=O)(O)CSc1ccc2ccccc2n1. The Morgan fingerprint density at radius 3 is 2.67 bits per heavy atom. The van der Waals surface area contributed by atoms with Crippen LogP contribution in [0.3, 0.4) is 0 Å². The molecule has 1 aromatic carbocycles. The van der Waals surface area contributed by atoms with Gasteiger partial charge in [-0.2, -0.15) is 0 Å². The number of benzene rings is 1. The first-order valence-electron chi connectivity index (χ1n) is 7.86. The minimum Gasteiger partial charge on any atom is -0.481 e. The molecular weight excluding hydrogens is 345 g/mol. The molecule has 3 atom stereocenters. The van der Waals surface area contributed by atoms with Gasteiger partial charge in [-0.3, -0.25) is 9.36 Å². The number of carboxylic acids is 1. The Hall–Kier alpha value is -1.36. The Balaban J connectivity index is 2.11. The predicted octanol–water partition coefficient (Wildman–Crippen LogP) is 4.44. The van der Waals surface area contributed by atoms with Gasteiger partial charge < -0.3 is 10.00 Å². The molecule has 0 bridgehead atoms. The first-order valence-corrected chi connectivity index (χ1v) is 10.8. The minimum atomic E-state index is -3.83. The number of hydrogen-bond acceptors (Lipinski definition) is 4. The number of rotatable bonds is 8. The van der Waals surface area contributed by atoms with E-state index in [2.05, 4.69) is 4.98 Å². The molecule has 0 radical (unpaired) electrons. The third-order valence-corrected chi connectivity index (χ3v) is 7.99. The molecule has 24 heavy (non-hydrogen) atoms. The van der Waals surface area contributed by atoms with Gasteiger partial charge in [0, 0.05) is 5.39 Å². The summed E-state index contributed by atoms with van der Waals surface area (Å²) in [6.45, 7) is 3.84. The van der Waals surface area contributed by atoms with Crippen LogP contribution in [0.4, 0.5) is 0 Å². The lowest BCUT2D eigenvalue weighted by Gasteiger charge is -2.21. The zero-order chi connectivity index (χ0) is 17.7. The molecular formula is C17H22NO4PS. The number of pyridine rings is 1. The van der Waals surface area contributed by atoms with Crippen LogP contribution in [0.5, 0.6) is 0 Å². The molecule has 0 fully saturated rings. The highest BCUT2D eigenvalue weighted by Gasteiger charge is 2.37. The second kappa shape index (κ2) is 8.15. The topological polar surface area (TPSA) is 87.5 Å². The third-order valence-electron chi connectivity index (χ3n) is 4.06. The van der Waals surface area contributed by atoms with Crippen molar-refractivity contribution in [3.63, 3.8) is 0 Å². The van der Waals surface area contributed by atoms with Gasteiger partial charge >= 0.3 is 5.97 Å². The normalized spacial score (nSPS) is 16.5. The van der Waals surface area contributed by atoms with E-state index < -0.39 is 19.0 Å². The molecule has 0 saturated carbocycles. The predicted molar refractivity (Wildman–Crippen MR) is 97.8 cm³/mol. The standard InChI is InChI=1S/C17H22NO4PS/c1-3-12(2)10-15(17(19)20)23(21,22)11-24-16-9-8-13-6-4-5-7-14(13)18-16/h4-9,12,15H,3,10-11H2,1-2H3,(H,19,20)(H,21,22). The monoisotopic (exact) mass is 367 g/mol. The van der Waals surface area contributed by atoms with Crippen LogP contribution in [0.25, 0.3) is 10.9 Å². The number of fused-ring (bicyclic) bond motifs is 1. The fourth-order valence-electron chi connectivity index (χ4n) is 2.36. The van der Waals surface area contributed by atoms with E-state index in [-0.39, 0.29) is 17.8 Å². The smallest absolute Gasteiger partial charge is 0.316 e. The molecule has 7 heteroatoms. The van der Waals surface area contributed by atoms with E-state index in [4.69, 9.17) is 0 Å². The van der Waals surface area contributed by atoms with Crippen molar-refractivity contribution in [2.75, 3.05) is 5.49 Å². The average molecular weight is 367 g/mol. The van der Waals surface area contributed by atoms with Gasteiger partial charge in [0.05, 0.1) is 16.0 Å². The Labute approximate surface area is 146 Å². The highest BCUT2D eigenvalue weighted by Crippen LogP contribution is 2.52. The zero-order valence-corrected chi connectivity index (χ0v) is 15.5. The molecule has 0 aliphatic carbocycles. The maximum atomic E-state index is 12.6. The number of nitrogens with zero attached hydrogens (tertiary/aromatic N) is 1. The summed E-state index contributed by atoms with van der Waals surface area (Å²) >= 11 is 1.14. The molecule has 3 unspecified atom stereocenters. The van der Waals surface area contributed by atoms with Crippen molar-refractivity contribution in [3.8, 4) is 0 Å². The van der Waals surface area contributed by atoms with Crippen molar-refractivity contribution in [2.45, 2.75) is 37.4 Å². The number of thioether (sulfide) groups is 1. The van der Waals surface area contributed by atoms with Crippen LogP contribution in [-0.2, 0) is 9.36 Å². The zero-order valence-electron chi connectivity index (χ0n) is 13.8. The molecule has 0 amide bonds. The van der Waals surface area contributed by atoms with Gasteiger partial charge in [0.2, 0.25) is 7.37 Å². The second-order valence-electron chi connectivity index (χ2n) is 5.97. The molecule has 0 aliphatic heterocycles. The van der Waals surface area contributed by atoms with Crippen LogP contribution in [0.2, 0.25) is 0 Å². The molecule has 130 valence electrons. The number of para-hydroxylation sites is 1. The van der Waals surface area contributed by atoms with Crippen LogP contribution in [0.15, 0.2) is 41.4 Å². The summed E-state index contributed by atoms with van der Waals surface area (Å²) in [5, 5.41) is 11.0. The Morgan fingerprint density at radius 1 is 1.29 bits per heavy atom. The van der Waals surface area contributed by atoms with Gasteiger partial charge in [-0.05, 0) is 24.5 Å². The van der Waals surface area contributed by atoms with E-state index in [1.807, 2.05) is 44.2 Å². The van der Waals surface area contributed by atoms with Gasteiger partial charge in [0.1, 0.15) is 5.66 Å². The summed E-state index contributed by atoms with van der Waals surface area (Å²) < 4.78 is 12.6. The highest BCUT2D eigenvalue weighted by atomic mass is 32.2. The average Bonchev–Trinajstić information content (AvgIpc) is 2.57. The maximum Gasteiger partial charge on any atom is 0.316 e. The fraction of sp³-hybridized carbons (Fsp3) is 0.412. The lowest BCUT2D eigenvalue weighted by molar-refractivity contribution is -0.137. The first kappa shape index (κ1) is 19.0. The summed E-state index contributed by atoms with van der Waals surface area (Å²) in [5.41, 5.74) is -0.559. The van der Waals surface area contributed by atoms with Crippen LogP contribution < -0.4 is 0 Å².